The highest BCUT2D eigenvalue weighted by Gasteiger charge is 2.29. The summed E-state index contributed by atoms with van der Waals surface area (Å²) in [4.78, 5) is 23.0. The standard InChI is InChI=1S/C28H19N3O4S/c32-27-21-9-5-4-8-20(21)26-24-23(15-14-22(25(24)27)29-16-17-6-2-1-3-7-17)30-28(31-26)18-10-12-19(13-11-18)36(33,34)35/h1-15,29H,16H2,(H,33,34,35). The summed E-state index contributed by atoms with van der Waals surface area (Å²) < 4.78 is 32.2. The molecule has 0 saturated carbocycles. The largest absolute Gasteiger partial charge is 0.380 e. The van der Waals surface area contributed by atoms with Crippen LogP contribution in [0.1, 0.15) is 21.5 Å². The zero-order valence-electron chi connectivity index (χ0n) is 18.8. The Kier molecular flexibility index (Phi) is 5.13. The van der Waals surface area contributed by atoms with Gasteiger partial charge in [-0.3, -0.25) is 9.35 Å². The van der Waals surface area contributed by atoms with Crippen LogP contribution < -0.4 is 5.32 Å². The van der Waals surface area contributed by atoms with E-state index >= 15 is 0 Å². The quantitative estimate of drug-likeness (QED) is 0.311. The Labute approximate surface area is 207 Å². The van der Waals surface area contributed by atoms with Crippen molar-refractivity contribution in [3.63, 3.8) is 0 Å². The van der Waals surface area contributed by atoms with Crippen LogP contribution >= 0.6 is 0 Å². The van der Waals surface area contributed by atoms with Gasteiger partial charge in [-0.25, -0.2) is 9.97 Å². The fraction of sp³-hybridized carbons (Fsp3) is 0.0357. The van der Waals surface area contributed by atoms with Gasteiger partial charge in [0, 0.05) is 34.3 Å². The Balaban J connectivity index is 1.53. The highest BCUT2D eigenvalue weighted by Crippen LogP contribution is 2.41. The SMILES string of the molecule is O=C1c2ccccc2-c2nc(-c3ccc(S(=O)(=O)O)cc3)nc3ccc(NCc4ccccc4)c1c23. The molecular formula is C28H19N3O4S. The molecule has 36 heavy (non-hydrogen) atoms. The topological polar surface area (TPSA) is 109 Å². The minimum atomic E-state index is -4.31. The minimum Gasteiger partial charge on any atom is -0.380 e. The van der Waals surface area contributed by atoms with Crippen molar-refractivity contribution in [2.75, 3.05) is 5.32 Å². The number of nitrogens with one attached hydrogen (secondary N) is 1. The summed E-state index contributed by atoms with van der Waals surface area (Å²) in [6.45, 7) is 0.558. The molecule has 0 fully saturated rings. The zero-order valence-corrected chi connectivity index (χ0v) is 19.7. The Bertz CT molecular complexity index is 1770. The Morgan fingerprint density at radius 1 is 0.778 bits per heavy atom. The van der Waals surface area contributed by atoms with E-state index in [1.54, 1.807) is 18.2 Å². The predicted octanol–water partition coefficient (Wildman–Crippen LogP) is 5.37. The summed E-state index contributed by atoms with van der Waals surface area (Å²) in [5.41, 5.74) is 5.45. The molecule has 4 aromatic carbocycles. The predicted molar refractivity (Wildman–Crippen MR) is 137 cm³/mol. The number of aromatic nitrogens is 2. The lowest BCUT2D eigenvalue weighted by Crippen LogP contribution is -2.15. The van der Waals surface area contributed by atoms with Gasteiger partial charge < -0.3 is 5.32 Å². The van der Waals surface area contributed by atoms with Crippen LogP contribution in [0.4, 0.5) is 5.69 Å². The van der Waals surface area contributed by atoms with Gasteiger partial charge in [0.05, 0.1) is 21.7 Å². The van der Waals surface area contributed by atoms with Gasteiger partial charge in [0.1, 0.15) is 0 Å². The van der Waals surface area contributed by atoms with E-state index in [0.717, 1.165) is 11.1 Å². The minimum absolute atomic E-state index is 0.0897. The van der Waals surface area contributed by atoms with Gasteiger partial charge in [0.25, 0.3) is 10.1 Å². The third-order valence-electron chi connectivity index (χ3n) is 6.25. The van der Waals surface area contributed by atoms with Crippen molar-refractivity contribution >= 4 is 32.5 Å². The first kappa shape index (κ1) is 22.1. The molecule has 0 amide bonds. The van der Waals surface area contributed by atoms with Crippen molar-refractivity contribution in [1.29, 1.82) is 0 Å². The van der Waals surface area contributed by atoms with E-state index in [1.807, 2.05) is 60.7 Å². The number of benzene rings is 4. The number of anilines is 1. The van der Waals surface area contributed by atoms with Crippen LogP contribution in [-0.2, 0) is 16.7 Å². The van der Waals surface area contributed by atoms with Crippen LogP contribution in [0.15, 0.2) is 95.9 Å². The lowest BCUT2D eigenvalue weighted by Gasteiger charge is -2.22. The Hall–Kier alpha value is -4.40. The van der Waals surface area contributed by atoms with E-state index in [1.165, 1.54) is 12.1 Å². The summed E-state index contributed by atoms with van der Waals surface area (Å²) in [6, 6.07) is 26.7. The van der Waals surface area contributed by atoms with E-state index in [9.17, 15) is 17.8 Å². The summed E-state index contributed by atoms with van der Waals surface area (Å²) in [5, 5.41) is 4.08. The molecule has 8 heteroatoms. The first-order valence-corrected chi connectivity index (χ1v) is 12.7. The Morgan fingerprint density at radius 2 is 1.47 bits per heavy atom. The average molecular weight is 494 g/mol. The number of hydrogen-bond donors (Lipinski definition) is 2. The first-order valence-electron chi connectivity index (χ1n) is 11.2. The number of carbonyl (C=O) groups is 1. The molecule has 176 valence electrons. The lowest BCUT2D eigenvalue weighted by molar-refractivity contribution is 0.104. The van der Waals surface area contributed by atoms with E-state index in [2.05, 4.69) is 5.32 Å². The molecule has 0 unspecified atom stereocenters. The highest BCUT2D eigenvalue weighted by atomic mass is 32.2. The van der Waals surface area contributed by atoms with E-state index in [0.29, 0.717) is 51.3 Å². The fourth-order valence-corrected chi connectivity index (χ4v) is 5.00. The normalized spacial score (nSPS) is 12.4. The summed E-state index contributed by atoms with van der Waals surface area (Å²) in [7, 11) is -4.31. The van der Waals surface area contributed by atoms with Crippen molar-refractivity contribution in [1.82, 2.24) is 9.97 Å². The number of fused-ring (bicyclic) bond motifs is 2. The Morgan fingerprint density at radius 3 is 2.19 bits per heavy atom. The van der Waals surface area contributed by atoms with Crippen molar-refractivity contribution in [2.45, 2.75) is 11.4 Å². The molecule has 1 aromatic heterocycles. The smallest absolute Gasteiger partial charge is 0.294 e. The molecule has 0 saturated heterocycles. The number of ketones is 1. The van der Waals surface area contributed by atoms with Gasteiger partial charge in [-0.1, -0.05) is 54.6 Å². The fourth-order valence-electron chi connectivity index (χ4n) is 4.52. The molecule has 2 N–H and O–H groups in total. The van der Waals surface area contributed by atoms with E-state index < -0.39 is 10.1 Å². The van der Waals surface area contributed by atoms with Crippen molar-refractivity contribution in [2.24, 2.45) is 0 Å². The molecule has 0 radical (unpaired) electrons. The monoisotopic (exact) mass is 493 g/mol. The van der Waals surface area contributed by atoms with E-state index in [4.69, 9.17) is 9.97 Å². The summed E-state index contributed by atoms with van der Waals surface area (Å²) >= 11 is 0. The van der Waals surface area contributed by atoms with Crippen LogP contribution in [0.25, 0.3) is 33.5 Å². The van der Waals surface area contributed by atoms with Gasteiger partial charge in [0.15, 0.2) is 11.6 Å². The molecule has 1 heterocycles. The maximum atomic E-state index is 13.6. The highest BCUT2D eigenvalue weighted by molar-refractivity contribution is 7.85. The second-order valence-electron chi connectivity index (χ2n) is 8.49. The first-order chi connectivity index (χ1) is 17.4. The van der Waals surface area contributed by atoms with Gasteiger partial charge in [0.2, 0.25) is 0 Å². The molecule has 0 bridgehead atoms. The van der Waals surface area contributed by atoms with Gasteiger partial charge >= 0.3 is 0 Å². The molecule has 5 aromatic rings. The maximum Gasteiger partial charge on any atom is 0.294 e. The van der Waals surface area contributed by atoms with Crippen molar-refractivity contribution < 1.29 is 17.8 Å². The van der Waals surface area contributed by atoms with Crippen LogP contribution in [0, 0.1) is 0 Å². The second-order valence-corrected chi connectivity index (χ2v) is 9.91. The van der Waals surface area contributed by atoms with Crippen LogP contribution in [0.2, 0.25) is 0 Å². The van der Waals surface area contributed by atoms with Gasteiger partial charge in [-0.05, 0) is 42.0 Å². The molecule has 6 rings (SSSR count). The average Bonchev–Trinajstić information content (AvgIpc) is 2.90. The number of carbonyl (C=O) groups excluding carboxylic acids is 1. The van der Waals surface area contributed by atoms with Gasteiger partial charge in [-0.15, -0.1) is 0 Å². The van der Waals surface area contributed by atoms with Crippen LogP contribution in [-0.4, -0.2) is 28.7 Å². The molecule has 1 aliphatic rings. The zero-order chi connectivity index (χ0) is 24.9. The van der Waals surface area contributed by atoms with Gasteiger partial charge in [-0.2, -0.15) is 8.42 Å². The third kappa shape index (κ3) is 3.73. The van der Waals surface area contributed by atoms with Crippen molar-refractivity contribution in [3.05, 3.63) is 108 Å². The lowest BCUT2D eigenvalue weighted by atomic mass is 9.85. The van der Waals surface area contributed by atoms with Crippen molar-refractivity contribution in [3.8, 4) is 22.6 Å². The summed E-state index contributed by atoms with van der Waals surface area (Å²) in [5.74, 6) is 0.299. The van der Waals surface area contributed by atoms with Crippen LogP contribution in [0.5, 0.6) is 0 Å². The number of rotatable bonds is 5. The summed E-state index contributed by atoms with van der Waals surface area (Å²) in [6.07, 6.45) is 0. The molecular weight excluding hydrogens is 474 g/mol. The molecule has 1 aliphatic carbocycles. The molecule has 7 nitrogen and oxygen atoms in total. The maximum absolute atomic E-state index is 13.6. The molecule has 0 spiro atoms. The number of hydrogen-bond acceptors (Lipinski definition) is 6. The third-order valence-corrected chi connectivity index (χ3v) is 7.12. The molecule has 0 aliphatic heterocycles. The second kappa shape index (κ2) is 8.37. The number of nitrogens with zero attached hydrogens (tertiary/aromatic N) is 2. The van der Waals surface area contributed by atoms with Crippen LogP contribution in [0.3, 0.4) is 0 Å². The van der Waals surface area contributed by atoms with E-state index in [-0.39, 0.29) is 10.7 Å². The molecule has 0 atom stereocenters.